The van der Waals surface area contributed by atoms with Crippen molar-refractivity contribution in [3.05, 3.63) is 58.1 Å². The third-order valence-electron chi connectivity index (χ3n) is 2.66. The van der Waals surface area contributed by atoms with Crippen molar-refractivity contribution >= 4 is 17.6 Å². The summed E-state index contributed by atoms with van der Waals surface area (Å²) in [6.45, 7) is 1.84. The van der Waals surface area contributed by atoms with Gasteiger partial charge < -0.3 is 9.84 Å². The summed E-state index contributed by atoms with van der Waals surface area (Å²) in [5.74, 6) is -0.458. The molecule has 4 nitrogen and oxygen atoms in total. The van der Waals surface area contributed by atoms with Crippen LogP contribution in [0.2, 0.25) is 5.02 Å². The van der Waals surface area contributed by atoms with Crippen molar-refractivity contribution in [1.29, 1.82) is 5.26 Å². The molecule has 0 spiro atoms. The van der Waals surface area contributed by atoms with Crippen LogP contribution in [-0.2, 0) is 0 Å². The number of ether oxygens (including phenoxy) is 1. The molecule has 0 bridgehead atoms. The van der Waals surface area contributed by atoms with E-state index in [1.807, 2.05) is 13.0 Å². The Morgan fingerprint density at radius 2 is 2.05 bits per heavy atom. The average molecular weight is 288 g/mol. The molecular weight excluding hydrogens is 278 g/mol. The van der Waals surface area contributed by atoms with Gasteiger partial charge in [0.1, 0.15) is 23.1 Å². The quantitative estimate of drug-likeness (QED) is 0.926. The van der Waals surface area contributed by atoms with Gasteiger partial charge in [0.15, 0.2) is 0 Å². The van der Waals surface area contributed by atoms with Crippen LogP contribution in [0.15, 0.2) is 36.4 Å². The molecule has 0 saturated heterocycles. The van der Waals surface area contributed by atoms with Crippen LogP contribution in [0, 0.1) is 18.3 Å². The van der Waals surface area contributed by atoms with Crippen LogP contribution in [0.3, 0.4) is 0 Å². The molecule has 100 valence electrons. The lowest BCUT2D eigenvalue weighted by molar-refractivity contribution is 0.0694. The highest BCUT2D eigenvalue weighted by atomic mass is 35.5. The van der Waals surface area contributed by atoms with Gasteiger partial charge in [0.2, 0.25) is 0 Å². The molecule has 0 fully saturated rings. The zero-order valence-corrected chi connectivity index (χ0v) is 11.3. The fourth-order valence-electron chi connectivity index (χ4n) is 1.67. The van der Waals surface area contributed by atoms with Crippen LogP contribution in [0.4, 0.5) is 0 Å². The normalized spacial score (nSPS) is 9.85. The minimum absolute atomic E-state index is 0.0658. The SMILES string of the molecule is Cc1ccc(C(=O)O)c(Oc2ccc(C#N)c(Cl)c2)c1. The molecule has 0 amide bonds. The molecule has 20 heavy (non-hydrogen) atoms. The summed E-state index contributed by atoms with van der Waals surface area (Å²) in [7, 11) is 0. The molecule has 0 unspecified atom stereocenters. The van der Waals surface area contributed by atoms with Crippen LogP contribution in [-0.4, -0.2) is 11.1 Å². The lowest BCUT2D eigenvalue weighted by Gasteiger charge is -2.10. The topological polar surface area (TPSA) is 70.3 Å². The minimum Gasteiger partial charge on any atom is -0.478 e. The second kappa shape index (κ2) is 5.64. The summed E-state index contributed by atoms with van der Waals surface area (Å²) >= 11 is 5.91. The van der Waals surface area contributed by atoms with Crippen molar-refractivity contribution in [2.24, 2.45) is 0 Å². The molecule has 5 heteroatoms. The Bertz CT molecular complexity index is 720. The van der Waals surface area contributed by atoms with Crippen LogP contribution in [0.5, 0.6) is 11.5 Å². The standard InChI is InChI=1S/C15H10ClNO3/c1-9-2-5-12(15(18)19)14(6-9)20-11-4-3-10(8-17)13(16)7-11/h2-7H,1H3,(H,18,19). The maximum atomic E-state index is 11.1. The third-order valence-corrected chi connectivity index (χ3v) is 2.97. The summed E-state index contributed by atoms with van der Waals surface area (Å²) in [6, 6.07) is 11.3. The molecular formula is C15H10ClNO3. The van der Waals surface area contributed by atoms with Gasteiger partial charge in [-0.2, -0.15) is 5.26 Å². The predicted octanol–water partition coefficient (Wildman–Crippen LogP) is 4.01. The molecule has 2 aromatic rings. The first-order valence-electron chi connectivity index (χ1n) is 5.72. The van der Waals surface area contributed by atoms with E-state index in [0.29, 0.717) is 11.3 Å². The Balaban J connectivity index is 2.39. The highest BCUT2D eigenvalue weighted by Gasteiger charge is 2.12. The van der Waals surface area contributed by atoms with E-state index in [4.69, 9.17) is 26.7 Å². The first-order chi connectivity index (χ1) is 9.51. The van der Waals surface area contributed by atoms with Gasteiger partial charge in [0, 0.05) is 6.07 Å². The summed E-state index contributed by atoms with van der Waals surface area (Å²) in [5.41, 5.74) is 1.28. The van der Waals surface area contributed by atoms with E-state index in [0.717, 1.165) is 5.56 Å². The van der Waals surface area contributed by atoms with Crippen molar-refractivity contribution in [1.82, 2.24) is 0 Å². The molecule has 0 radical (unpaired) electrons. The number of halogens is 1. The highest BCUT2D eigenvalue weighted by molar-refractivity contribution is 6.31. The molecule has 0 aliphatic rings. The van der Waals surface area contributed by atoms with Crippen molar-refractivity contribution in [3.8, 4) is 17.6 Å². The fourth-order valence-corrected chi connectivity index (χ4v) is 1.88. The fraction of sp³-hybridized carbons (Fsp3) is 0.0667. The van der Waals surface area contributed by atoms with Gasteiger partial charge >= 0.3 is 5.97 Å². The van der Waals surface area contributed by atoms with E-state index in [1.54, 1.807) is 18.2 Å². The molecule has 0 aliphatic heterocycles. The molecule has 2 aromatic carbocycles. The van der Waals surface area contributed by atoms with E-state index < -0.39 is 5.97 Å². The minimum atomic E-state index is -1.07. The van der Waals surface area contributed by atoms with Crippen molar-refractivity contribution in [3.63, 3.8) is 0 Å². The lowest BCUT2D eigenvalue weighted by Crippen LogP contribution is -2.00. The number of aromatic carboxylic acids is 1. The smallest absolute Gasteiger partial charge is 0.339 e. The lowest BCUT2D eigenvalue weighted by atomic mass is 10.1. The summed E-state index contributed by atoms with van der Waals surface area (Å²) < 4.78 is 5.56. The zero-order valence-electron chi connectivity index (χ0n) is 10.6. The van der Waals surface area contributed by atoms with E-state index in [2.05, 4.69) is 0 Å². The van der Waals surface area contributed by atoms with E-state index in [1.165, 1.54) is 18.2 Å². The number of nitriles is 1. The predicted molar refractivity (Wildman–Crippen MR) is 74.4 cm³/mol. The molecule has 0 saturated carbocycles. The summed E-state index contributed by atoms with van der Waals surface area (Å²) in [5, 5.41) is 18.2. The molecule has 0 aromatic heterocycles. The summed E-state index contributed by atoms with van der Waals surface area (Å²) in [4.78, 5) is 11.1. The average Bonchev–Trinajstić information content (AvgIpc) is 2.38. The van der Waals surface area contributed by atoms with Crippen LogP contribution >= 0.6 is 11.6 Å². The molecule has 0 atom stereocenters. The number of carboxylic acid groups (broad SMARTS) is 1. The number of rotatable bonds is 3. The Labute approximate surface area is 120 Å². The molecule has 0 aliphatic carbocycles. The first-order valence-corrected chi connectivity index (χ1v) is 6.10. The Kier molecular flexibility index (Phi) is 3.92. The van der Waals surface area contributed by atoms with Crippen molar-refractivity contribution in [2.75, 3.05) is 0 Å². The number of carbonyl (C=O) groups is 1. The summed E-state index contributed by atoms with van der Waals surface area (Å²) in [6.07, 6.45) is 0. The van der Waals surface area contributed by atoms with Gasteiger partial charge in [0.05, 0.1) is 10.6 Å². The largest absolute Gasteiger partial charge is 0.478 e. The first kappa shape index (κ1) is 13.9. The molecule has 0 heterocycles. The highest BCUT2D eigenvalue weighted by Crippen LogP contribution is 2.29. The Morgan fingerprint density at radius 3 is 2.65 bits per heavy atom. The van der Waals surface area contributed by atoms with Crippen LogP contribution in [0.1, 0.15) is 21.5 Å². The molecule has 1 N–H and O–H groups in total. The van der Waals surface area contributed by atoms with Gasteiger partial charge in [-0.3, -0.25) is 0 Å². The molecule has 2 rings (SSSR count). The van der Waals surface area contributed by atoms with E-state index >= 15 is 0 Å². The maximum Gasteiger partial charge on any atom is 0.339 e. The van der Waals surface area contributed by atoms with Crippen molar-refractivity contribution in [2.45, 2.75) is 6.92 Å². The number of hydrogen-bond acceptors (Lipinski definition) is 3. The monoisotopic (exact) mass is 287 g/mol. The number of hydrogen-bond donors (Lipinski definition) is 1. The Hall–Kier alpha value is -2.51. The second-order valence-electron chi connectivity index (χ2n) is 4.16. The number of aryl methyl sites for hydroxylation is 1. The third kappa shape index (κ3) is 2.90. The second-order valence-corrected chi connectivity index (χ2v) is 4.57. The van der Waals surface area contributed by atoms with Crippen LogP contribution < -0.4 is 4.74 Å². The van der Waals surface area contributed by atoms with Gasteiger partial charge in [-0.15, -0.1) is 0 Å². The van der Waals surface area contributed by atoms with Crippen molar-refractivity contribution < 1.29 is 14.6 Å². The number of carboxylic acids is 1. The number of benzene rings is 2. The van der Waals surface area contributed by atoms with E-state index in [-0.39, 0.29) is 16.3 Å². The maximum absolute atomic E-state index is 11.1. The zero-order chi connectivity index (χ0) is 14.7. The van der Waals surface area contributed by atoms with Crippen LogP contribution in [0.25, 0.3) is 0 Å². The van der Waals surface area contributed by atoms with Gasteiger partial charge in [-0.25, -0.2) is 4.79 Å². The van der Waals surface area contributed by atoms with E-state index in [9.17, 15) is 4.79 Å². The van der Waals surface area contributed by atoms with Gasteiger partial charge in [-0.05, 0) is 36.8 Å². The number of nitrogens with zero attached hydrogens (tertiary/aromatic N) is 1. The van der Waals surface area contributed by atoms with Gasteiger partial charge in [0.25, 0.3) is 0 Å². The Morgan fingerprint density at radius 1 is 1.30 bits per heavy atom. The van der Waals surface area contributed by atoms with Gasteiger partial charge in [-0.1, -0.05) is 17.7 Å².